The van der Waals surface area contributed by atoms with Gasteiger partial charge < -0.3 is 14.9 Å². The molecule has 0 unspecified atom stereocenters. The molecule has 0 bridgehead atoms. The Bertz CT molecular complexity index is 877. The Hall–Kier alpha value is -2.33. The van der Waals surface area contributed by atoms with Crippen molar-refractivity contribution in [2.24, 2.45) is 5.73 Å². The van der Waals surface area contributed by atoms with Gasteiger partial charge in [0.1, 0.15) is 5.76 Å². The van der Waals surface area contributed by atoms with Gasteiger partial charge in [-0.1, -0.05) is 31.2 Å². The second-order valence-electron chi connectivity index (χ2n) is 6.55. The van der Waals surface area contributed by atoms with E-state index in [1.807, 2.05) is 6.07 Å². The molecular formula is C20H22N2O2. The van der Waals surface area contributed by atoms with Crippen LogP contribution in [-0.2, 0) is 12.0 Å². The van der Waals surface area contributed by atoms with Crippen molar-refractivity contribution in [1.29, 1.82) is 0 Å². The molecule has 0 spiro atoms. The summed E-state index contributed by atoms with van der Waals surface area (Å²) in [5, 5.41) is 1.07. The number of nitrogens with two attached hydrogens (primary N) is 1. The van der Waals surface area contributed by atoms with Gasteiger partial charge in [-0.15, -0.1) is 0 Å². The summed E-state index contributed by atoms with van der Waals surface area (Å²) in [6.45, 7) is 2.14. The van der Waals surface area contributed by atoms with E-state index in [0.29, 0.717) is 11.5 Å². The van der Waals surface area contributed by atoms with Crippen LogP contribution in [0.3, 0.4) is 0 Å². The highest BCUT2D eigenvalue weighted by atomic mass is 16.5. The molecule has 0 saturated heterocycles. The first-order valence-corrected chi connectivity index (χ1v) is 8.50. The van der Waals surface area contributed by atoms with Crippen molar-refractivity contribution in [3.63, 3.8) is 0 Å². The summed E-state index contributed by atoms with van der Waals surface area (Å²) in [7, 11) is 1.61. The lowest BCUT2D eigenvalue weighted by Gasteiger charge is -2.38. The van der Waals surface area contributed by atoms with Crippen LogP contribution in [0, 0.1) is 0 Å². The van der Waals surface area contributed by atoms with Gasteiger partial charge in [-0.3, -0.25) is 0 Å². The zero-order chi connectivity index (χ0) is 16.7. The molecule has 1 fully saturated rings. The molecule has 1 aromatic carbocycles. The normalized spacial score (nSPS) is 16.1. The summed E-state index contributed by atoms with van der Waals surface area (Å²) >= 11 is 0. The molecule has 3 aromatic rings. The quantitative estimate of drug-likeness (QED) is 0.773. The average molecular weight is 322 g/mol. The first kappa shape index (κ1) is 15.2. The van der Waals surface area contributed by atoms with Crippen molar-refractivity contribution in [3.8, 4) is 17.2 Å². The Morgan fingerprint density at radius 1 is 1.21 bits per heavy atom. The number of aryl methyl sites for hydroxylation is 1. The molecule has 4 heteroatoms. The lowest BCUT2D eigenvalue weighted by molar-refractivity contribution is 0.253. The molecule has 2 heterocycles. The predicted octanol–water partition coefficient (Wildman–Crippen LogP) is 4.40. The van der Waals surface area contributed by atoms with E-state index in [9.17, 15) is 0 Å². The number of hydrogen-bond donors (Lipinski definition) is 1. The molecule has 2 N–H and O–H groups in total. The Morgan fingerprint density at radius 2 is 1.96 bits per heavy atom. The molecule has 2 aromatic heterocycles. The van der Waals surface area contributed by atoms with Crippen LogP contribution in [-0.4, -0.2) is 12.1 Å². The van der Waals surface area contributed by atoms with Crippen molar-refractivity contribution >= 4 is 11.0 Å². The molecule has 1 aliphatic rings. The molecule has 0 radical (unpaired) electrons. The second kappa shape index (κ2) is 5.64. The number of hydrogen-bond acceptors (Lipinski definition) is 4. The van der Waals surface area contributed by atoms with E-state index < -0.39 is 0 Å². The molecule has 1 saturated carbocycles. The van der Waals surface area contributed by atoms with Gasteiger partial charge in [-0.05, 0) is 37.3 Å². The fourth-order valence-electron chi connectivity index (χ4n) is 3.58. The number of furan rings is 1. The molecule has 4 rings (SSSR count). The van der Waals surface area contributed by atoms with E-state index in [0.717, 1.165) is 36.0 Å². The third-order valence-corrected chi connectivity index (χ3v) is 5.19. The molecule has 0 aliphatic heterocycles. The Morgan fingerprint density at radius 3 is 2.54 bits per heavy atom. The third-order valence-electron chi connectivity index (χ3n) is 5.19. The number of ether oxygens (including phenoxy) is 1. The molecule has 24 heavy (non-hydrogen) atoms. The van der Waals surface area contributed by atoms with E-state index in [-0.39, 0.29) is 5.54 Å². The largest absolute Gasteiger partial charge is 0.478 e. The first-order chi connectivity index (χ1) is 11.7. The van der Waals surface area contributed by atoms with E-state index in [4.69, 9.17) is 14.9 Å². The topological polar surface area (TPSA) is 61.3 Å². The van der Waals surface area contributed by atoms with Gasteiger partial charge in [-0.2, -0.15) is 0 Å². The molecule has 0 atom stereocenters. The van der Waals surface area contributed by atoms with Crippen LogP contribution < -0.4 is 10.5 Å². The molecule has 4 nitrogen and oxygen atoms in total. The number of fused-ring (bicyclic) bond motifs is 1. The predicted molar refractivity (Wildman–Crippen MR) is 95.1 cm³/mol. The maximum absolute atomic E-state index is 6.42. The van der Waals surface area contributed by atoms with Gasteiger partial charge in [0.15, 0.2) is 5.58 Å². The summed E-state index contributed by atoms with van der Waals surface area (Å²) in [4.78, 5) is 4.24. The lowest BCUT2D eigenvalue weighted by Crippen LogP contribution is -2.43. The van der Waals surface area contributed by atoms with E-state index in [1.54, 1.807) is 13.3 Å². The summed E-state index contributed by atoms with van der Waals surface area (Å²) in [6, 6.07) is 10.5. The molecule has 1 aliphatic carbocycles. The number of nitrogens with zero attached hydrogens (tertiary/aromatic N) is 1. The van der Waals surface area contributed by atoms with Gasteiger partial charge >= 0.3 is 0 Å². The fourth-order valence-corrected chi connectivity index (χ4v) is 3.58. The second-order valence-corrected chi connectivity index (χ2v) is 6.55. The van der Waals surface area contributed by atoms with Crippen LogP contribution in [0.4, 0.5) is 0 Å². The van der Waals surface area contributed by atoms with Crippen LogP contribution in [0.25, 0.3) is 22.3 Å². The van der Waals surface area contributed by atoms with Crippen molar-refractivity contribution in [2.75, 3.05) is 7.11 Å². The average Bonchev–Trinajstić information content (AvgIpc) is 2.98. The van der Waals surface area contributed by atoms with Crippen molar-refractivity contribution in [3.05, 3.63) is 47.7 Å². The zero-order valence-corrected chi connectivity index (χ0v) is 14.1. The zero-order valence-electron chi connectivity index (χ0n) is 14.1. The van der Waals surface area contributed by atoms with Crippen molar-refractivity contribution in [2.45, 2.75) is 38.1 Å². The summed E-state index contributed by atoms with van der Waals surface area (Å²) < 4.78 is 11.5. The standard InChI is InChI=1S/C20H22N2O2/c1-3-15-16-9-12-22-19(23-2)18(16)24-17(15)13-5-7-14(8-6-13)20(21)10-4-11-20/h5-9,12H,3-4,10-11,21H2,1-2H3. The molecular weight excluding hydrogens is 300 g/mol. The number of rotatable bonds is 4. The number of pyridine rings is 1. The monoisotopic (exact) mass is 322 g/mol. The van der Waals surface area contributed by atoms with Crippen LogP contribution in [0.15, 0.2) is 40.9 Å². The Labute approximate surface area is 141 Å². The summed E-state index contributed by atoms with van der Waals surface area (Å²) in [5.41, 5.74) is 10.5. The number of methoxy groups -OCH3 is 1. The van der Waals surface area contributed by atoms with Crippen LogP contribution >= 0.6 is 0 Å². The van der Waals surface area contributed by atoms with E-state index in [2.05, 4.69) is 36.2 Å². The van der Waals surface area contributed by atoms with Gasteiger partial charge in [0.05, 0.1) is 7.11 Å². The maximum atomic E-state index is 6.42. The third kappa shape index (κ3) is 2.21. The molecule has 0 amide bonds. The fraction of sp³-hybridized carbons (Fsp3) is 0.350. The Kier molecular flexibility index (Phi) is 3.57. The van der Waals surface area contributed by atoms with Gasteiger partial charge in [0.2, 0.25) is 0 Å². The summed E-state index contributed by atoms with van der Waals surface area (Å²) in [5.74, 6) is 1.42. The number of aromatic nitrogens is 1. The lowest BCUT2D eigenvalue weighted by atomic mass is 9.72. The minimum Gasteiger partial charge on any atom is -0.478 e. The van der Waals surface area contributed by atoms with Gasteiger partial charge in [-0.25, -0.2) is 4.98 Å². The van der Waals surface area contributed by atoms with Gasteiger partial charge in [0.25, 0.3) is 5.88 Å². The van der Waals surface area contributed by atoms with E-state index in [1.165, 1.54) is 17.5 Å². The van der Waals surface area contributed by atoms with Gasteiger partial charge in [0, 0.05) is 28.2 Å². The Balaban J connectivity index is 1.81. The SMILES string of the molecule is CCc1c(-c2ccc(C3(N)CCC3)cc2)oc2c(OC)nccc12. The van der Waals surface area contributed by atoms with Crippen molar-refractivity contribution < 1.29 is 9.15 Å². The highest BCUT2D eigenvalue weighted by Crippen LogP contribution is 2.41. The maximum Gasteiger partial charge on any atom is 0.258 e. The van der Waals surface area contributed by atoms with Crippen LogP contribution in [0.2, 0.25) is 0 Å². The minimum absolute atomic E-state index is 0.132. The van der Waals surface area contributed by atoms with Crippen LogP contribution in [0.5, 0.6) is 5.88 Å². The molecule has 124 valence electrons. The first-order valence-electron chi connectivity index (χ1n) is 8.50. The number of benzene rings is 1. The van der Waals surface area contributed by atoms with E-state index >= 15 is 0 Å². The van der Waals surface area contributed by atoms with Crippen LogP contribution in [0.1, 0.15) is 37.3 Å². The minimum atomic E-state index is -0.132. The van der Waals surface area contributed by atoms with Crippen molar-refractivity contribution in [1.82, 2.24) is 4.98 Å². The highest BCUT2D eigenvalue weighted by Gasteiger charge is 2.34. The highest BCUT2D eigenvalue weighted by molar-refractivity contribution is 5.90. The smallest absolute Gasteiger partial charge is 0.258 e. The summed E-state index contributed by atoms with van der Waals surface area (Å²) in [6.07, 6.45) is 6.00.